The van der Waals surface area contributed by atoms with Crippen LogP contribution in [0.5, 0.6) is 0 Å². The van der Waals surface area contributed by atoms with E-state index >= 15 is 0 Å². The first kappa shape index (κ1) is 27.6. The van der Waals surface area contributed by atoms with Gasteiger partial charge in [0, 0.05) is 0 Å². The van der Waals surface area contributed by atoms with Crippen molar-refractivity contribution in [1.29, 1.82) is 0 Å². The Morgan fingerprint density at radius 2 is 1.34 bits per heavy atom. The van der Waals surface area contributed by atoms with Crippen LogP contribution >= 0.6 is 0 Å². The van der Waals surface area contributed by atoms with Crippen molar-refractivity contribution in [3.05, 3.63) is 0 Å². The van der Waals surface area contributed by atoms with Gasteiger partial charge in [0.15, 0.2) is 12.6 Å². The lowest BCUT2D eigenvalue weighted by molar-refractivity contribution is -0.338. The van der Waals surface area contributed by atoms with Crippen molar-refractivity contribution >= 4 is 0 Å². The Kier molecular flexibility index (Phi) is 10.5. The average molecular weight is 476 g/mol. The van der Waals surface area contributed by atoms with Crippen LogP contribution in [-0.2, 0) is 18.9 Å². The molecular formula is C17H32O15. The first-order chi connectivity index (χ1) is 15.0. The van der Waals surface area contributed by atoms with E-state index in [0.29, 0.717) is 0 Å². The highest BCUT2D eigenvalue weighted by molar-refractivity contribution is 4.92. The predicted octanol–water partition coefficient (Wildman–Crippen LogP) is -7.30. The van der Waals surface area contributed by atoms with Gasteiger partial charge in [-0.15, -0.1) is 0 Å². The van der Waals surface area contributed by atoms with Crippen LogP contribution in [-0.4, -0.2) is 162 Å². The molecule has 32 heavy (non-hydrogen) atoms. The summed E-state index contributed by atoms with van der Waals surface area (Å²) in [5.74, 6) is 0. The molecule has 2 rings (SSSR count). The topological polar surface area (TPSA) is 259 Å². The van der Waals surface area contributed by atoms with Gasteiger partial charge in [-0.1, -0.05) is 0 Å². The van der Waals surface area contributed by atoms with Crippen molar-refractivity contribution in [2.75, 3.05) is 26.4 Å². The molecule has 0 aromatic heterocycles. The first-order valence-corrected chi connectivity index (χ1v) is 9.91. The Hall–Kier alpha value is -0.600. The molecule has 0 aliphatic carbocycles. The van der Waals surface area contributed by atoms with Gasteiger partial charge in [0.25, 0.3) is 0 Å². The van der Waals surface area contributed by atoms with E-state index in [0.717, 1.165) is 0 Å². The van der Waals surface area contributed by atoms with E-state index in [1.165, 1.54) is 0 Å². The smallest absolute Gasteiger partial charge is 0.187 e. The van der Waals surface area contributed by atoms with Crippen molar-refractivity contribution in [2.45, 2.75) is 79.7 Å². The van der Waals surface area contributed by atoms with Gasteiger partial charge >= 0.3 is 0 Å². The Labute approximate surface area is 182 Å². The Bertz CT molecular complexity index is 554. The Balaban J connectivity index is 2.07. The van der Waals surface area contributed by atoms with Crippen LogP contribution in [0.4, 0.5) is 0 Å². The minimum Gasteiger partial charge on any atom is -0.394 e. The number of hydrogen-bond donors (Lipinski definition) is 11. The molecule has 11 N–H and O–H groups in total. The minimum atomic E-state index is -1.93. The van der Waals surface area contributed by atoms with E-state index in [1.54, 1.807) is 0 Å². The SMILES string of the molecule is OCC(O)C(O)C(OC1OC(COC2OCC(O)C(O)C2O)C(O)C(O)C1O)C(O)CO. The van der Waals surface area contributed by atoms with Gasteiger partial charge in [-0.2, -0.15) is 0 Å². The van der Waals surface area contributed by atoms with Crippen LogP contribution < -0.4 is 0 Å². The largest absolute Gasteiger partial charge is 0.394 e. The molecule has 15 heteroatoms. The van der Waals surface area contributed by atoms with Gasteiger partial charge in [-0.05, 0) is 0 Å². The lowest BCUT2D eigenvalue weighted by atomic mass is 9.98. The lowest BCUT2D eigenvalue weighted by Gasteiger charge is -2.43. The fourth-order valence-corrected chi connectivity index (χ4v) is 3.27. The average Bonchev–Trinajstić information content (AvgIpc) is 2.79. The lowest BCUT2D eigenvalue weighted by Crippen LogP contribution is -2.62. The summed E-state index contributed by atoms with van der Waals surface area (Å²) in [4.78, 5) is 0. The molecule has 13 atom stereocenters. The van der Waals surface area contributed by atoms with E-state index < -0.39 is 99.5 Å². The quantitative estimate of drug-likeness (QED) is 0.140. The van der Waals surface area contributed by atoms with E-state index in [9.17, 15) is 46.0 Å². The molecule has 0 amide bonds. The van der Waals surface area contributed by atoms with Crippen LogP contribution in [0.25, 0.3) is 0 Å². The Morgan fingerprint density at radius 1 is 0.750 bits per heavy atom. The predicted molar refractivity (Wildman–Crippen MR) is 97.5 cm³/mol. The van der Waals surface area contributed by atoms with Crippen molar-refractivity contribution in [2.24, 2.45) is 0 Å². The third kappa shape index (κ3) is 6.29. The monoisotopic (exact) mass is 476 g/mol. The van der Waals surface area contributed by atoms with Gasteiger partial charge in [0.1, 0.15) is 67.1 Å². The summed E-state index contributed by atoms with van der Waals surface area (Å²) in [5, 5.41) is 107. The highest BCUT2D eigenvalue weighted by Crippen LogP contribution is 2.26. The highest BCUT2D eigenvalue weighted by atomic mass is 16.7. The van der Waals surface area contributed by atoms with Crippen molar-refractivity contribution in [1.82, 2.24) is 0 Å². The standard InChI is InChI=1S/C17H32O15/c18-1-5(20)10(24)15(6(21)2-19)32-17-14(28)12(26)11(25)8(31-17)4-30-16-13(27)9(23)7(22)3-29-16/h5-28H,1-4H2. The first-order valence-electron chi connectivity index (χ1n) is 9.91. The molecule has 0 bridgehead atoms. The molecule has 15 nitrogen and oxygen atoms in total. The summed E-state index contributed by atoms with van der Waals surface area (Å²) in [5.41, 5.74) is 0. The summed E-state index contributed by atoms with van der Waals surface area (Å²) in [6.07, 6.45) is -22.0. The fraction of sp³-hybridized carbons (Fsp3) is 1.00. The van der Waals surface area contributed by atoms with E-state index in [1.807, 2.05) is 0 Å². The van der Waals surface area contributed by atoms with Gasteiger partial charge in [-0.3, -0.25) is 0 Å². The van der Waals surface area contributed by atoms with Crippen molar-refractivity contribution < 1.29 is 75.1 Å². The molecule has 0 aromatic rings. The fourth-order valence-electron chi connectivity index (χ4n) is 3.27. The second kappa shape index (κ2) is 12.2. The molecule has 2 aliphatic rings. The van der Waals surface area contributed by atoms with Crippen LogP contribution in [0.1, 0.15) is 0 Å². The molecule has 2 saturated heterocycles. The molecule has 190 valence electrons. The maximum Gasteiger partial charge on any atom is 0.187 e. The second-order valence-corrected chi connectivity index (χ2v) is 7.69. The van der Waals surface area contributed by atoms with E-state index in [2.05, 4.69) is 0 Å². The number of rotatable bonds is 10. The molecule has 0 radical (unpaired) electrons. The molecule has 13 unspecified atom stereocenters. The van der Waals surface area contributed by atoms with Gasteiger partial charge < -0.3 is 75.1 Å². The molecule has 0 saturated carbocycles. The number of ether oxygens (including phenoxy) is 4. The molecule has 2 heterocycles. The maximum absolute atomic E-state index is 10.2. The Morgan fingerprint density at radius 3 is 1.94 bits per heavy atom. The zero-order valence-corrected chi connectivity index (χ0v) is 16.9. The molecular weight excluding hydrogens is 444 g/mol. The van der Waals surface area contributed by atoms with E-state index in [4.69, 9.17) is 29.2 Å². The number of hydrogen-bond acceptors (Lipinski definition) is 15. The summed E-state index contributed by atoms with van der Waals surface area (Å²) < 4.78 is 20.9. The molecule has 0 spiro atoms. The van der Waals surface area contributed by atoms with E-state index in [-0.39, 0.29) is 6.61 Å². The van der Waals surface area contributed by atoms with Crippen LogP contribution in [0.3, 0.4) is 0 Å². The van der Waals surface area contributed by atoms with Gasteiger partial charge in [-0.25, -0.2) is 0 Å². The van der Waals surface area contributed by atoms with Crippen molar-refractivity contribution in [3.8, 4) is 0 Å². The zero-order valence-electron chi connectivity index (χ0n) is 16.9. The van der Waals surface area contributed by atoms with Gasteiger partial charge in [0.2, 0.25) is 0 Å². The summed E-state index contributed by atoms with van der Waals surface area (Å²) in [6, 6.07) is 0. The summed E-state index contributed by atoms with van der Waals surface area (Å²) in [6.45, 7) is -2.78. The van der Waals surface area contributed by atoms with Crippen LogP contribution in [0.2, 0.25) is 0 Å². The molecule has 0 aromatic carbocycles. The second-order valence-electron chi connectivity index (χ2n) is 7.69. The maximum atomic E-state index is 10.2. The van der Waals surface area contributed by atoms with Gasteiger partial charge in [0.05, 0.1) is 26.4 Å². The molecule has 2 fully saturated rings. The summed E-state index contributed by atoms with van der Waals surface area (Å²) in [7, 11) is 0. The highest BCUT2D eigenvalue weighted by Gasteiger charge is 2.48. The normalized spacial score (nSPS) is 42.3. The van der Waals surface area contributed by atoms with Crippen LogP contribution in [0.15, 0.2) is 0 Å². The van der Waals surface area contributed by atoms with Crippen LogP contribution in [0, 0.1) is 0 Å². The minimum absolute atomic E-state index is 0.351. The third-order valence-electron chi connectivity index (χ3n) is 5.32. The zero-order chi connectivity index (χ0) is 24.2. The molecule has 2 aliphatic heterocycles. The number of aliphatic hydroxyl groups excluding tert-OH is 11. The summed E-state index contributed by atoms with van der Waals surface area (Å²) >= 11 is 0. The third-order valence-corrected chi connectivity index (χ3v) is 5.32. The van der Waals surface area contributed by atoms with Crippen molar-refractivity contribution in [3.63, 3.8) is 0 Å². The number of aliphatic hydroxyl groups is 11.